The van der Waals surface area contributed by atoms with Gasteiger partial charge in [-0.25, -0.2) is 0 Å². The van der Waals surface area contributed by atoms with Crippen molar-refractivity contribution in [2.24, 2.45) is 0 Å². The summed E-state index contributed by atoms with van der Waals surface area (Å²) in [6.45, 7) is 0. The Bertz CT molecular complexity index is 404. The average molecular weight is 268 g/mol. The second-order valence-electron chi connectivity index (χ2n) is 4.09. The zero-order valence-corrected chi connectivity index (χ0v) is 10.4. The van der Waals surface area contributed by atoms with Crippen molar-refractivity contribution in [3.05, 3.63) is 28.1 Å². The van der Waals surface area contributed by atoms with Gasteiger partial charge in [0, 0.05) is 0 Å². The first-order valence-electron chi connectivity index (χ1n) is 5.49. The van der Waals surface area contributed by atoms with Crippen LogP contribution in [0.1, 0.15) is 48.5 Å². The van der Waals surface area contributed by atoms with E-state index in [1.807, 2.05) is 12.1 Å². The van der Waals surface area contributed by atoms with E-state index in [0.717, 1.165) is 16.0 Å². The molecule has 1 aliphatic carbocycles. The van der Waals surface area contributed by atoms with Crippen LogP contribution in [0.2, 0.25) is 0 Å². The van der Waals surface area contributed by atoms with Crippen molar-refractivity contribution in [3.63, 3.8) is 0 Å². The summed E-state index contributed by atoms with van der Waals surface area (Å²) >= 11 is 3.02. The van der Waals surface area contributed by atoms with Gasteiger partial charge < -0.3 is 0 Å². The molecule has 2 nitrogen and oxygen atoms in total. The summed E-state index contributed by atoms with van der Waals surface area (Å²) in [7, 11) is 0. The molecule has 0 spiro atoms. The first-order chi connectivity index (χ1) is 7.33. The maximum atomic E-state index is 10.8. The number of carbonyl (C=O) groups is 1. The Hall–Kier alpha value is -0.661. The molecular weight excluding hydrogens is 253 g/mol. The molecule has 1 aromatic heterocycles. The molecule has 1 fully saturated rings. The Morgan fingerprint density at radius 3 is 2.73 bits per heavy atom. The van der Waals surface area contributed by atoms with Crippen LogP contribution in [0, 0.1) is 4.19 Å². The number of pyridine rings is 1. The second kappa shape index (κ2) is 4.91. The van der Waals surface area contributed by atoms with Crippen LogP contribution in [0.5, 0.6) is 0 Å². The van der Waals surface area contributed by atoms with Gasteiger partial charge in [-0.3, -0.25) is 0 Å². The Kier molecular flexibility index (Phi) is 3.55. The number of nitrogens with zero attached hydrogens (tertiary/aromatic N) is 1. The van der Waals surface area contributed by atoms with E-state index in [2.05, 4.69) is 26.3 Å². The summed E-state index contributed by atoms with van der Waals surface area (Å²) < 4.78 is 3.21. The van der Waals surface area contributed by atoms with Gasteiger partial charge in [0.05, 0.1) is 0 Å². The zero-order chi connectivity index (χ0) is 10.7. The molecule has 0 amide bonds. The van der Waals surface area contributed by atoms with E-state index in [-0.39, 0.29) is 0 Å². The number of rotatable bonds is 2. The van der Waals surface area contributed by atoms with Crippen molar-refractivity contribution in [1.29, 1.82) is 0 Å². The van der Waals surface area contributed by atoms with Gasteiger partial charge >= 0.3 is 97.5 Å². The van der Waals surface area contributed by atoms with Gasteiger partial charge in [-0.1, -0.05) is 0 Å². The maximum absolute atomic E-state index is 10.8. The molecule has 0 bridgehead atoms. The molecule has 0 aliphatic heterocycles. The summed E-state index contributed by atoms with van der Waals surface area (Å²) in [5.41, 5.74) is 0.767. The second-order valence-corrected chi connectivity index (χ2v) is 4.90. The average Bonchev–Trinajstić information content (AvgIpc) is 2.30. The molecule has 3 heteroatoms. The Morgan fingerprint density at radius 2 is 2.07 bits per heavy atom. The zero-order valence-electron chi connectivity index (χ0n) is 8.69. The number of aldehydes is 1. The third kappa shape index (κ3) is 2.29. The quantitative estimate of drug-likeness (QED) is 0.596. The van der Waals surface area contributed by atoms with Gasteiger partial charge in [0.2, 0.25) is 0 Å². The van der Waals surface area contributed by atoms with Crippen LogP contribution >= 0.6 is 0 Å². The SMILES string of the molecule is O=Cc1cccn(C2CCCCC2)c1=[Se]. The van der Waals surface area contributed by atoms with E-state index < -0.39 is 0 Å². The van der Waals surface area contributed by atoms with Crippen LogP contribution in [-0.2, 0) is 0 Å². The summed E-state index contributed by atoms with van der Waals surface area (Å²) in [5.74, 6) is 0. The Balaban J connectivity index is 2.34. The fraction of sp³-hybridized carbons (Fsp3) is 0.500. The van der Waals surface area contributed by atoms with Gasteiger partial charge in [0.15, 0.2) is 0 Å². The summed E-state index contributed by atoms with van der Waals surface area (Å²) in [6, 6.07) is 4.40. The number of hydrogen-bond acceptors (Lipinski definition) is 1. The first kappa shape index (κ1) is 10.8. The van der Waals surface area contributed by atoms with Crippen LogP contribution in [-0.4, -0.2) is 26.4 Å². The molecule has 1 saturated carbocycles. The van der Waals surface area contributed by atoms with Crippen molar-refractivity contribution in [2.75, 3.05) is 0 Å². The number of carbonyl (C=O) groups excluding carboxylic acids is 1. The summed E-state index contributed by atoms with van der Waals surface area (Å²) in [5, 5.41) is 0. The van der Waals surface area contributed by atoms with E-state index in [1.54, 1.807) is 0 Å². The molecule has 80 valence electrons. The van der Waals surface area contributed by atoms with Crippen molar-refractivity contribution < 1.29 is 4.79 Å². The van der Waals surface area contributed by atoms with E-state index in [0.29, 0.717) is 6.04 Å². The van der Waals surface area contributed by atoms with Gasteiger partial charge in [-0.05, 0) is 0 Å². The first-order valence-corrected chi connectivity index (χ1v) is 6.35. The molecule has 0 saturated heterocycles. The van der Waals surface area contributed by atoms with Crippen LogP contribution in [0.4, 0.5) is 0 Å². The van der Waals surface area contributed by atoms with Crippen LogP contribution < -0.4 is 0 Å². The number of aromatic nitrogens is 1. The van der Waals surface area contributed by atoms with Crippen molar-refractivity contribution in [2.45, 2.75) is 38.1 Å². The van der Waals surface area contributed by atoms with E-state index in [1.165, 1.54) is 32.1 Å². The Morgan fingerprint density at radius 1 is 1.33 bits per heavy atom. The Labute approximate surface area is 97.7 Å². The predicted molar refractivity (Wildman–Crippen MR) is 60.9 cm³/mol. The summed E-state index contributed by atoms with van der Waals surface area (Å²) in [4.78, 5) is 10.8. The molecule has 15 heavy (non-hydrogen) atoms. The third-order valence-electron chi connectivity index (χ3n) is 3.10. The van der Waals surface area contributed by atoms with Crippen molar-refractivity contribution in [3.8, 4) is 0 Å². The predicted octanol–water partition coefficient (Wildman–Crippen LogP) is 2.51. The fourth-order valence-electron chi connectivity index (χ4n) is 2.26. The van der Waals surface area contributed by atoms with Gasteiger partial charge in [-0.15, -0.1) is 0 Å². The van der Waals surface area contributed by atoms with Crippen molar-refractivity contribution in [1.82, 2.24) is 4.57 Å². The molecule has 1 aliphatic rings. The minimum absolute atomic E-state index is 0.579. The minimum atomic E-state index is 0.579. The van der Waals surface area contributed by atoms with Gasteiger partial charge in [-0.2, -0.15) is 0 Å². The van der Waals surface area contributed by atoms with E-state index in [4.69, 9.17) is 0 Å². The third-order valence-corrected chi connectivity index (χ3v) is 4.04. The molecule has 2 rings (SSSR count). The normalized spacial score (nSPS) is 17.6. The van der Waals surface area contributed by atoms with Gasteiger partial charge in [0.1, 0.15) is 0 Å². The molecule has 1 aromatic rings. The van der Waals surface area contributed by atoms with Gasteiger partial charge in [0.25, 0.3) is 0 Å². The topological polar surface area (TPSA) is 22.0 Å². The number of hydrogen-bond donors (Lipinski definition) is 0. The standard InChI is InChI=1S/C12H15NOSe/c14-9-10-5-4-8-13(12(10)15)11-6-2-1-3-7-11/h4-5,8-9,11H,1-3,6-7H2. The summed E-state index contributed by atoms with van der Waals surface area (Å²) in [6.07, 6.45) is 9.45. The molecule has 0 radical (unpaired) electrons. The van der Waals surface area contributed by atoms with E-state index >= 15 is 0 Å². The van der Waals surface area contributed by atoms with Crippen LogP contribution in [0.15, 0.2) is 18.3 Å². The molecular formula is C12H15NOSe. The molecule has 0 unspecified atom stereocenters. The monoisotopic (exact) mass is 269 g/mol. The van der Waals surface area contributed by atoms with Crippen molar-refractivity contribution >= 4 is 21.9 Å². The molecule has 0 atom stereocenters. The van der Waals surface area contributed by atoms with Crippen LogP contribution in [0.3, 0.4) is 0 Å². The molecule has 0 N–H and O–H groups in total. The van der Waals surface area contributed by atoms with E-state index in [9.17, 15) is 4.79 Å². The fourth-order valence-corrected chi connectivity index (χ4v) is 2.95. The molecule has 0 aromatic carbocycles. The molecule has 1 heterocycles. The van der Waals surface area contributed by atoms with Crippen LogP contribution in [0.25, 0.3) is 0 Å².